The minimum Gasteiger partial charge on any atom is -0.376 e. The van der Waals surface area contributed by atoms with Gasteiger partial charge in [-0.3, -0.25) is 9.59 Å². The number of benzene rings is 1. The van der Waals surface area contributed by atoms with E-state index in [2.05, 4.69) is 10.6 Å². The quantitative estimate of drug-likeness (QED) is 0.802. The van der Waals surface area contributed by atoms with E-state index in [-0.39, 0.29) is 24.1 Å². The molecule has 9 heteroatoms. The lowest BCUT2D eigenvalue weighted by atomic mass is 10.1. The molecule has 1 aromatic carbocycles. The van der Waals surface area contributed by atoms with E-state index in [1.807, 2.05) is 0 Å². The Hall–Kier alpha value is -2.13. The fourth-order valence-electron chi connectivity index (χ4n) is 2.46. The maximum absolute atomic E-state index is 12.9. The number of carbonyl (C=O) groups is 2. The summed E-state index contributed by atoms with van der Waals surface area (Å²) < 4.78 is 49.6. The molecule has 0 saturated carbocycles. The van der Waals surface area contributed by atoms with Crippen LogP contribution in [0.1, 0.15) is 32.3 Å². The van der Waals surface area contributed by atoms with Crippen molar-refractivity contribution in [3.63, 3.8) is 0 Å². The van der Waals surface area contributed by atoms with Crippen LogP contribution in [0.3, 0.4) is 0 Å². The summed E-state index contributed by atoms with van der Waals surface area (Å²) in [7, 11) is 0. The smallest absolute Gasteiger partial charge is 0.376 e. The van der Waals surface area contributed by atoms with Gasteiger partial charge < -0.3 is 20.1 Å². The number of anilines is 2. The molecular formula is C17H21F3N2O4. The second kappa shape index (κ2) is 8.50. The summed E-state index contributed by atoms with van der Waals surface area (Å²) in [6, 6.07) is 2.70. The standard InChI is InChI=1S/C17H21F3N2O4/c1-10(26-9-13-4-3-7-25-13)16(24)22-15-8-12(17(18,19)20)5-6-14(15)21-11(2)23/h5-6,8,10,13H,3-4,7,9H2,1-2H3,(H,21,23)(H,22,24). The predicted molar refractivity (Wildman–Crippen MR) is 88.8 cm³/mol. The van der Waals surface area contributed by atoms with Gasteiger partial charge in [0.15, 0.2) is 0 Å². The number of hydrogen-bond donors (Lipinski definition) is 2. The number of ether oxygens (including phenoxy) is 2. The minimum absolute atomic E-state index is 0.0742. The molecule has 2 N–H and O–H groups in total. The van der Waals surface area contributed by atoms with Crippen LogP contribution in [0.4, 0.5) is 24.5 Å². The van der Waals surface area contributed by atoms with Crippen molar-refractivity contribution in [2.24, 2.45) is 0 Å². The van der Waals surface area contributed by atoms with E-state index in [1.165, 1.54) is 13.8 Å². The molecular weight excluding hydrogens is 353 g/mol. The molecule has 0 radical (unpaired) electrons. The van der Waals surface area contributed by atoms with E-state index in [1.54, 1.807) is 0 Å². The Balaban J connectivity index is 2.08. The predicted octanol–water partition coefficient (Wildman–Crippen LogP) is 3.19. The molecule has 2 unspecified atom stereocenters. The molecule has 0 spiro atoms. The number of carbonyl (C=O) groups excluding carboxylic acids is 2. The molecule has 6 nitrogen and oxygen atoms in total. The third kappa shape index (κ3) is 5.70. The van der Waals surface area contributed by atoms with Crippen LogP contribution in [0.2, 0.25) is 0 Å². The Morgan fingerprint density at radius 1 is 1.31 bits per heavy atom. The fraction of sp³-hybridized carbons (Fsp3) is 0.529. The van der Waals surface area contributed by atoms with Crippen LogP contribution < -0.4 is 10.6 Å². The van der Waals surface area contributed by atoms with Crippen molar-refractivity contribution in [3.05, 3.63) is 23.8 Å². The van der Waals surface area contributed by atoms with Crippen molar-refractivity contribution in [3.8, 4) is 0 Å². The SMILES string of the molecule is CC(=O)Nc1ccc(C(F)(F)F)cc1NC(=O)C(C)OCC1CCCO1. The van der Waals surface area contributed by atoms with Crippen LogP contribution in [-0.2, 0) is 25.2 Å². The minimum atomic E-state index is -4.57. The van der Waals surface area contributed by atoms with Crippen LogP contribution in [0.25, 0.3) is 0 Å². The molecule has 1 fully saturated rings. The summed E-state index contributed by atoms with van der Waals surface area (Å²) in [6.45, 7) is 3.60. The molecule has 0 bridgehead atoms. The van der Waals surface area contributed by atoms with Gasteiger partial charge in [0.25, 0.3) is 5.91 Å². The summed E-state index contributed by atoms with van der Waals surface area (Å²) in [5.41, 5.74) is -1.01. The van der Waals surface area contributed by atoms with Gasteiger partial charge in [0, 0.05) is 13.5 Å². The van der Waals surface area contributed by atoms with Gasteiger partial charge in [0.2, 0.25) is 5.91 Å². The molecule has 0 aliphatic carbocycles. The fourth-order valence-corrected chi connectivity index (χ4v) is 2.46. The Bertz CT molecular complexity index is 658. The number of alkyl halides is 3. The summed E-state index contributed by atoms with van der Waals surface area (Å²) in [4.78, 5) is 23.5. The topological polar surface area (TPSA) is 76.7 Å². The number of nitrogens with one attached hydrogen (secondary N) is 2. The first-order valence-electron chi connectivity index (χ1n) is 8.19. The van der Waals surface area contributed by atoms with Gasteiger partial charge >= 0.3 is 6.18 Å². The van der Waals surface area contributed by atoms with Gasteiger partial charge in [-0.25, -0.2) is 0 Å². The van der Waals surface area contributed by atoms with E-state index in [0.717, 1.165) is 31.0 Å². The lowest BCUT2D eigenvalue weighted by Gasteiger charge is -2.18. The van der Waals surface area contributed by atoms with Gasteiger partial charge in [0.1, 0.15) is 6.10 Å². The molecule has 1 aliphatic heterocycles. The van der Waals surface area contributed by atoms with E-state index in [0.29, 0.717) is 6.61 Å². The van der Waals surface area contributed by atoms with E-state index >= 15 is 0 Å². The third-order valence-electron chi connectivity index (χ3n) is 3.84. The largest absolute Gasteiger partial charge is 0.416 e. The molecule has 0 aromatic heterocycles. The highest BCUT2D eigenvalue weighted by Gasteiger charge is 2.31. The highest BCUT2D eigenvalue weighted by molar-refractivity contribution is 6.00. The van der Waals surface area contributed by atoms with E-state index < -0.39 is 29.7 Å². The van der Waals surface area contributed by atoms with Gasteiger partial charge in [0.05, 0.1) is 29.6 Å². The van der Waals surface area contributed by atoms with Crippen LogP contribution >= 0.6 is 0 Å². The molecule has 144 valence electrons. The average Bonchev–Trinajstić information content (AvgIpc) is 3.06. The average molecular weight is 374 g/mol. The summed E-state index contributed by atoms with van der Waals surface area (Å²) in [6.07, 6.45) is -3.77. The Labute approximate surface area is 149 Å². The summed E-state index contributed by atoms with van der Waals surface area (Å²) in [5, 5.41) is 4.78. The van der Waals surface area contributed by atoms with Crippen molar-refractivity contribution >= 4 is 23.2 Å². The first-order chi connectivity index (χ1) is 12.2. The first kappa shape index (κ1) is 20.2. The molecule has 1 aromatic rings. The number of halogens is 3. The lowest BCUT2D eigenvalue weighted by molar-refractivity contribution is -0.137. The van der Waals surface area contributed by atoms with Crippen molar-refractivity contribution < 1.29 is 32.2 Å². The number of hydrogen-bond acceptors (Lipinski definition) is 4. The maximum Gasteiger partial charge on any atom is 0.416 e. The van der Waals surface area contributed by atoms with E-state index in [9.17, 15) is 22.8 Å². The Morgan fingerprint density at radius 3 is 2.62 bits per heavy atom. The van der Waals surface area contributed by atoms with E-state index in [4.69, 9.17) is 9.47 Å². The van der Waals surface area contributed by atoms with Crippen molar-refractivity contribution in [2.75, 3.05) is 23.8 Å². The molecule has 2 amide bonds. The maximum atomic E-state index is 12.9. The monoisotopic (exact) mass is 374 g/mol. The van der Waals surface area contributed by atoms with Crippen molar-refractivity contribution in [1.82, 2.24) is 0 Å². The molecule has 1 aliphatic rings. The molecule has 2 atom stereocenters. The van der Waals surface area contributed by atoms with Crippen LogP contribution in [0, 0.1) is 0 Å². The molecule has 26 heavy (non-hydrogen) atoms. The molecule has 2 rings (SSSR count). The summed E-state index contributed by atoms with van der Waals surface area (Å²) >= 11 is 0. The van der Waals surface area contributed by atoms with Crippen LogP contribution in [0.5, 0.6) is 0 Å². The highest BCUT2D eigenvalue weighted by atomic mass is 19.4. The molecule has 1 heterocycles. The summed E-state index contributed by atoms with van der Waals surface area (Å²) in [5.74, 6) is -1.09. The zero-order valence-electron chi connectivity index (χ0n) is 14.5. The normalized spacial score (nSPS) is 18.4. The highest BCUT2D eigenvalue weighted by Crippen LogP contribution is 2.34. The second-order valence-electron chi connectivity index (χ2n) is 6.04. The Morgan fingerprint density at radius 2 is 2.04 bits per heavy atom. The Kier molecular flexibility index (Phi) is 6.60. The van der Waals surface area contributed by atoms with Gasteiger partial charge in [-0.1, -0.05) is 0 Å². The zero-order chi connectivity index (χ0) is 19.3. The number of amides is 2. The van der Waals surface area contributed by atoms with Crippen LogP contribution in [-0.4, -0.2) is 37.2 Å². The first-order valence-corrected chi connectivity index (χ1v) is 8.19. The van der Waals surface area contributed by atoms with Gasteiger partial charge in [-0.05, 0) is 38.0 Å². The van der Waals surface area contributed by atoms with Crippen LogP contribution in [0.15, 0.2) is 18.2 Å². The second-order valence-corrected chi connectivity index (χ2v) is 6.04. The van der Waals surface area contributed by atoms with Crippen molar-refractivity contribution in [1.29, 1.82) is 0 Å². The molecule has 1 saturated heterocycles. The van der Waals surface area contributed by atoms with Gasteiger partial charge in [-0.15, -0.1) is 0 Å². The number of rotatable bonds is 6. The van der Waals surface area contributed by atoms with Gasteiger partial charge in [-0.2, -0.15) is 13.2 Å². The third-order valence-corrected chi connectivity index (χ3v) is 3.84. The van der Waals surface area contributed by atoms with Crippen molar-refractivity contribution in [2.45, 2.75) is 45.1 Å². The zero-order valence-corrected chi connectivity index (χ0v) is 14.5. The lowest BCUT2D eigenvalue weighted by Crippen LogP contribution is -2.31.